The second-order valence-electron chi connectivity index (χ2n) is 5.65. The van der Waals surface area contributed by atoms with E-state index in [1.165, 1.54) is 0 Å². The summed E-state index contributed by atoms with van der Waals surface area (Å²) < 4.78 is 0. The Bertz CT molecular complexity index is 435. The molecular formula is C16H25ClN2O. The highest BCUT2D eigenvalue weighted by Crippen LogP contribution is 2.27. The number of nitrogens with one attached hydrogen (secondary N) is 2. The lowest BCUT2D eigenvalue weighted by Gasteiger charge is -2.13. The number of halogens is 1. The lowest BCUT2D eigenvalue weighted by molar-refractivity contribution is -0.120. The van der Waals surface area contributed by atoms with Gasteiger partial charge in [0.15, 0.2) is 0 Å². The molecule has 0 aliphatic carbocycles. The summed E-state index contributed by atoms with van der Waals surface area (Å²) in [5, 5.41) is 6.88. The quantitative estimate of drug-likeness (QED) is 0.800. The molecule has 4 heteroatoms. The van der Waals surface area contributed by atoms with E-state index in [-0.39, 0.29) is 5.91 Å². The molecule has 0 radical (unpaired) electrons. The van der Waals surface area contributed by atoms with Crippen molar-refractivity contribution in [1.82, 2.24) is 5.32 Å². The second kappa shape index (κ2) is 8.15. The Kier molecular flexibility index (Phi) is 6.86. The molecular weight excluding hydrogens is 272 g/mol. The maximum Gasteiger partial charge on any atom is 0.221 e. The first kappa shape index (κ1) is 16.8. The molecule has 0 atom stereocenters. The molecule has 1 aromatic rings. The van der Waals surface area contributed by atoms with Crippen LogP contribution >= 0.6 is 11.6 Å². The van der Waals surface area contributed by atoms with Crippen molar-refractivity contribution in [2.24, 2.45) is 5.92 Å². The molecule has 0 aromatic heterocycles. The van der Waals surface area contributed by atoms with Crippen molar-refractivity contribution < 1.29 is 4.79 Å². The molecule has 0 aliphatic heterocycles. The van der Waals surface area contributed by atoms with Gasteiger partial charge in [0, 0.05) is 19.5 Å². The first-order chi connectivity index (χ1) is 9.40. The van der Waals surface area contributed by atoms with E-state index in [0.717, 1.165) is 29.8 Å². The third-order valence-corrected chi connectivity index (χ3v) is 3.43. The van der Waals surface area contributed by atoms with Gasteiger partial charge in [0.25, 0.3) is 0 Å². The molecule has 20 heavy (non-hydrogen) atoms. The van der Waals surface area contributed by atoms with E-state index in [1.807, 2.05) is 19.9 Å². The van der Waals surface area contributed by atoms with Crippen LogP contribution in [0.25, 0.3) is 0 Å². The van der Waals surface area contributed by atoms with E-state index < -0.39 is 0 Å². The van der Waals surface area contributed by atoms with E-state index in [0.29, 0.717) is 23.9 Å². The minimum Gasteiger partial charge on any atom is -0.383 e. The van der Waals surface area contributed by atoms with Gasteiger partial charge < -0.3 is 10.6 Å². The highest BCUT2D eigenvalue weighted by molar-refractivity contribution is 6.33. The zero-order valence-corrected chi connectivity index (χ0v) is 13.6. The normalized spacial score (nSPS) is 10.7. The van der Waals surface area contributed by atoms with Crippen LogP contribution in [0.2, 0.25) is 5.02 Å². The van der Waals surface area contributed by atoms with E-state index in [9.17, 15) is 4.79 Å². The number of anilines is 1. The summed E-state index contributed by atoms with van der Waals surface area (Å²) in [6.45, 7) is 9.68. The van der Waals surface area contributed by atoms with Gasteiger partial charge in [0.1, 0.15) is 0 Å². The fraction of sp³-hybridized carbons (Fsp3) is 0.562. The molecule has 112 valence electrons. The Morgan fingerprint density at radius 1 is 1.25 bits per heavy atom. The van der Waals surface area contributed by atoms with E-state index in [1.54, 1.807) is 0 Å². The summed E-state index contributed by atoms with van der Waals surface area (Å²) in [6.07, 6.45) is 1.48. The smallest absolute Gasteiger partial charge is 0.221 e. The van der Waals surface area contributed by atoms with Crippen LogP contribution in [0.3, 0.4) is 0 Å². The molecule has 0 spiro atoms. The summed E-state index contributed by atoms with van der Waals surface area (Å²) >= 11 is 6.21. The van der Waals surface area contributed by atoms with Crippen molar-refractivity contribution in [3.8, 4) is 0 Å². The number of aryl methyl sites for hydroxylation is 2. The second-order valence-corrected chi connectivity index (χ2v) is 6.06. The fourth-order valence-corrected chi connectivity index (χ4v) is 2.42. The van der Waals surface area contributed by atoms with Crippen molar-refractivity contribution in [1.29, 1.82) is 0 Å². The van der Waals surface area contributed by atoms with Crippen LogP contribution in [-0.4, -0.2) is 19.0 Å². The molecule has 0 unspecified atom stereocenters. The average molecular weight is 297 g/mol. The summed E-state index contributed by atoms with van der Waals surface area (Å²) in [5.74, 6) is 0.696. The Hall–Kier alpha value is -1.22. The Morgan fingerprint density at radius 2 is 1.95 bits per heavy atom. The molecule has 0 heterocycles. The molecule has 1 aromatic carbocycles. The molecule has 1 rings (SSSR count). The van der Waals surface area contributed by atoms with Crippen LogP contribution in [0.1, 0.15) is 37.8 Å². The van der Waals surface area contributed by atoms with Gasteiger partial charge in [0.2, 0.25) is 5.91 Å². The number of carbonyl (C=O) groups excluding carboxylic acids is 1. The lowest BCUT2D eigenvalue weighted by atomic mass is 10.1. The molecule has 0 bridgehead atoms. The maximum absolute atomic E-state index is 11.7. The van der Waals surface area contributed by atoms with Crippen LogP contribution < -0.4 is 10.6 Å². The highest BCUT2D eigenvalue weighted by Gasteiger charge is 2.06. The van der Waals surface area contributed by atoms with Crippen molar-refractivity contribution in [2.75, 3.05) is 18.4 Å². The van der Waals surface area contributed by atoms with E-state index in [4.69, 9.17) is 11.6 Å². The van der Waals surface area contributed by atoms with Crippen molar-refractivity contribution in [3.05, 3.63) is 28.3 Å². The minimum absolute atomic E-state index is 0.0824. The summed E-state index contributed by atoms with van der Waals surface area (Å²) in [6, 6.07) is 4.01. The first-order valence-electron chi connectivity index (χ1n) is 7.17. The molecule has 3 nitrogen and oxygen atoms in total. The van der Waals surface area contributed by atoms with Gasteiger partial charge in [0.05, 0.1) is 10.7 Å². The lowest BCUT2D eigenvalue weighted by Crippen LogP contribution is -2.27. The maximum atomic E-state index is 11.7. The van der Waals surface area contributed by atoms with Gasteiger partial charge in [-0.1, -0.05) is 31.5 Å². The van der Waals surface area contributed by atoms with Gasteiger partial charge in [-0.3, -0.25) is 4.79 Å². The molecule has 0 aliphatic rings. The van der Waals surface area contributed by atoms with Crippen molar-refractivity contribution in [2.45, 2.75) is 40.5 Å². The molecule has 1 amide bonds. The standard InChI is InChI=1S/C16H25ClN2O/c1-11(2)5-7-18-15(20)6-8-19-16-13(4)9-12(3)10-14(16)17/h9-11,19H,5-8H2,1-4H3,(H,18,20). The van der Waals surface area contributed by atoms with Gasteiger partial charge in [-0.2, -0.15) is 0 Å². The molecule has 0 saturated carbocycles. The Labute approximate surface area is 127 Å². The van der Waals surface area contributed by atoms with Crippen molar-refractivity contribution >= 4 is 23.2 Å². The monoisotopic (exact) mass is 296 g/mol. The van der Waals surface area contributed by atoms with E-state index in [2.05, 4.69) is 30.5 Å². The summed E-state index contributed by atoms with van der Waals surface area (Å²) in [7, 11) is 0. The number of benzene rings is 1. The number of hydrogen-bond donors (Lipinski definition) is 2. The van der Waals surface area contributed by atoms with Gasteiger partial charge in [-0.25, -0.2) is 0 Å². The van der Waals surface area contributed by atoms with Crippen LogP contribution in [0, 0.1) is 19.8 Å². The Morgan fingerprint density at radius 3 is 2.55 bits per heavy atom. The first-order valence-corrected chi connectivity index (χ1v) is 7.55. The minimum atomic E-state index is 0.0824. The third kappa shape index (κ3) is 5.83. The Balaban J connectivity index is 2.36. The van der Waals surface area contributed by atoms with Gasteiger partial charge >= 0.3 is 0 Å². The van der Waals surface area contributed by atoms with Crippen LogP contribution in [-0.2, 0) is 4.79 Å². The van der Waals surface area contributed by atoms with Gasteiger partial charge in [-0.15, -0.1) is 0 Å². The number of hydrogen-bond acceptors (Lipinski definition) is 2. The molecule has 0 fully saturated rings. The van der Waals surface area contributed by atoms with Crippen LogP contribution in [0.5, 0.6) is 0 Å². The fourth-order valence-electron chi connectivity index (χ4n) is 2.03. The number of amides is 1. The third-order valence-electron chi connectivity index (χ3n) is 3.13. The summed E-state index contributed by atoms with van der Waals surface area (Å²) in [5.41, 5.74) is 3.17. The highest BCUT2D eigenvalue weighted by atomic mass is 35.5. The topological polar surface area (TPSA) is 41.1 Å². The van der Waals surface area contributed by atoms with Crippen LogP contribution in [0.15, 0.2) is 12.1 Å². The number of carbonyl (C=O) groups is 1. The summed E-state index contributed by atoms with van der Waals surface area (Å²) in [4.78, 5) is 11.7. The largest absolute Gasteiger partial charge is 0.383 e. The predicted molar refractivity (Wildman–Crippen MR) is 86.5 cm³/mol. The van der Waals surface area contributed by atoms with Gasteiger partial charge in [-0.05, 0) is 43.4 Å². The zero-order valence-electron chi connectivity index (χ0n) is 12.8. The zero-order chi connectivity index (χ0) is 15.1. The molecule has 2 N–H and O–H groups in total. The number of rotatable bonds is 7. The average Bonchev–Trinajstić information content (AvgIpc) is 2.32. The van der Waals surface area contributed by atoms with E-state index >= 15 is 0 Å². The predicted octanol–water partition coefficient (Wildman–Crippen LogP) is 3.92. The SMILES string of the molecule is Cc1cc(C)c(NCCC(=O)NCCC(C)C)c(Cl)c1. The van der Waals surface area contributed by atoms with Crippen LogP contribution in [0.4, 0.5) is 5.69 Å². The van der Waals surface area contributed by atoms with Crippen molar-refractivity contribution in [3.63, 3.8) is 0 Å². The molecule has 0 saturated heterocycles.